The molecule has 0 heterocycles. The van der Waals surface area contributed by atoms with E-state index >= 15 is 0 Å². The molecule has 2 rings (SSSR count). The van der Waals surface area contributed by atoms with Crippen LogP contribution in [-0.4, -0.2) is 38.9 Å². The number of aryl methyl sites for hydroxylation is 1. The maximum Gasteiger partial charge on any atom is 0.255 e. The van der Waals surface area contributed by atoms with Gasteiger partial charge in [0.15, 0.2) is 0 Å². The van der Waals surface area contributed by atoms with Crippen molar-refractivity contribution in [3.8, 4) is 11.5 Å². The number of benzene rings is 2. The number of para-hydroxylation sites is 1. The van der Waals surface area contributed by atoms with Gasteiger partial charge in [0.2, 0.25) is 0 Å². The lowest BCUT2D eigenvalue weighted by molar-refractivity contribution is 0.0935. The summed E-state index contributed by atoms with van der Waals surface area (Å²) < 4.78 is 16.6. The van der Waals surface area contributed by atoms with E-state index in [0.29, 0.717) is 44.3 Å². The second-order valence-corrected chi connectivity index (χ2v) is 6.17. The van der Waals surface area contributed by atoms with Crippen LogP contribution < -0.4 is 14.8 Å². The lowest BCUT2D eigenvalue weighted by atomic mass is 10.2. The number of carbonyl (C=O) groups is 1. The van der Waals surface area contributed by atoms with Crippen molar-refractivity contribution in [1.82, 2.24) is 5.32 Å². The number of amides is 1. The minimum Gasteiger partial charge on any atom is -0.494 e. The minimum absolute atomic E-state index is 0.124. The van der Waals surface area contributed by atoms with E-state index in [2.05, 4.69) is 12.2 Å². The summed E-state index contributed by atoms with van der Waals surface area (Å²) in [4.78, 5) is 12.4. The Morgan fingerprint density at radius 3 is 2.48 bits per heavy atom. The summed E-state index contributed by atoms with van der Waals surface area (Å²) in [5.74, 6) is 1.33. The Bertz CT molecular complexity index is 685. The first-order chi connectivity index (χ1) is 13.2. The number of hydrogen-bond acceptors (Lipinski definition) is 4. The topological polar surface area (TPSA) is 56.8 Å². The summed E-state index contributed by atoms with van der Waals surface area (Å²) in [6.07, 6.45) is 1.73. The van der Waals surface area contributed by atoms with Gasteiger partial charge >= 0.3 is 0 Å². The lowest BCUT2D eigenvalue weighted by Crippen LogP contribution is -2.25. The van der Waals surface area contributed by atoms with E-state index in [4.69, 9.17) is 14.2 Å². The monoisotopic (exact) mass is 371 g/mol. The van der Waals surface area contributed by atoms with Crippen molar-refractivity contribution in [1.29, 1.82) is 0 Å². The smallest absolute Gasteiger partial charge is 0.255 e. The maximum atomic E-state index is 12.4. The van der Waals surface area contributed by atoms with Crippen molar-refractivity contribution < 1.29 is 19.0 Å². The van der Waals surface area contributed by atoms with Crippen LogP contribution in [0.15, 0.2) is 48.5 Å². The second-order valence-electron chi connectivity index (χ2n) is 6.17. The third-order valence-corrected chi connectivity index (χ3v) is 3.97. The molecular weight excluding hydrogens is 342 g/mol. The molecule has 0 aromatic heterocycles. The van der Waals surface area contributed by atoms with Crippen LogP contribution in [0.25, 0.3) is 0 Å². The van der Waals surface area contributed by atoms with E-state index in [9.17, 15) is 4.79 Å². The zero-order valence-corrected chi connectivity index (χ0v) is 16.2. The average Bonchev–Trinajstić information content (AvgIpc) is 2.69. The largest absolute Gasteiger partial charge is 0.494 e. The molecule has 1 amide bonds. The van der Waals surface area contributed by atoms with E-state index in [0.717, 1.165) is 18.6 Å². The molecule has 2 aromatic carbocycles. The van der Waals surface area contributed by atoms with Crippen molar-refractivity contribution >= 4 is 5.91 Å². The Morgan fingerprint density at radius 2 is 1.70 bits per heavy atom. The highest BCUT2D eigenvalue weighted by atomic mass is 16.5. The SMILES string of the molecule is CCOCCOc1ccccc1C(=O)NCCCCOc1ccc(C)cc1. The minimum atomic E-state index is -0.124. The van der Waals surface area contributed by atoms with Gasteiger partial charge < -0.3 is 19.5 Å². The molecule has 0 aliphatic rings. The number of carbonyl (C=O) groups excluding carboxylic acids is 1. The number of rotatable bonds is 12. The zero-order chi connectivity index (χ0) is 19.3. The standard InChI is InChI=1S/C22H29NO4/c1-3-25-16-17-27-21-9-5-4-8-20(21)22(24)23-14-6-7-15-26-19-12-10-18(2)11-13-19/h4-5,8-13H,3,6-7,14-17H2,1-2H3,(H,23,24). The van der Waals surface area contributed by atoms with Gasteiger partial charge in [0.1, 0.15) is 18.1 Å². The average molecular weight is 371 g/mol. The normalized spacial score (nSPS) is 10.4. The molecule has 0 radical (unpaired) electrons. The van der Waals surface area contributed by atoms with Gasteiger partial charge in [-0.3, -0.25) is 4.79 Å². The fourth-order valence-electron chi connectivity index (χ4n) is 2.48. The number of hydrogen-bond donors (Lipinski definition) is 1. The molecule has 5 nitrogen and oxygen atoms in total. The van der Waals surface area contributed by atoms with E-state index in [1.165, 1.54) is 5.56 Å². The van der Waals surface area contributed by atoms with Crippen molar-refractivity contribution in [2.45, 2.75) is 26.7 Å². The summed E-state index contributed by atoms with van der Waals surface area (Å²) in [5, 5.41) is 2.94. The number of unbranched alkanes of at least 4 members (excludes halogenated alkanes) is 1. The van der Waals surface area contributed by atoms with Crippen LogP contribution in [0.3, 0.4) is 0 Å². The maximum absolute atomic E-state index is 12.4. The summed E-state index contributed by atoms with van der Waals surface area (Å²) in [6.45, 7) is 6.81. The molecule has 0 saturated heterocycles. The van der Waals surface area contributed by atoms with Gasteiger partial charge in [-0.05, 0) is 51.0 Å². The third kappa shape index (κ3) is 7.71. The molecule has 0 aliphatic carbocycles. The second kappa shape index (κ2) is 12.0. The Hall–Kier alpha value is -2.53. The van der Waals surface area contributed by atoms with E-state index in [-0.39, 0.29) is 5.91 Å². The van der Waals surface area contributed by atoms with Crippen LogP contribution in [0.2, 0.25) is 0 Å². The Balaban J connectivity index is 1.67. The van der Waals surface area contributed by atoms with Crippen LogP contribution in [-0.2, 0) is 4.74 Å². The Morgan fingerprint density at radius 1 is 0.926 bits per heavy atom. The molecule has 0 atom stereocenters. The number of ether oxygens (including phenoxy) is 3. The summed E-state index contributed by atoms with van der Waals surface area (Å²) >= 11 is 0. The zero-order valence-electron chi connectivity index (χ0n) is 16.2. The van der Waals surface area contributed by atoms with E-state index in [1.54, 1.807) is 12.1 Å². The van der Waals surface area contributed by atoms with E-state index in [1.807, 2.05) is 43.3 Å². The molecule has 2 aromatic rings. The van der Waals surface area contributed by atoms with Crippen LogP contribution in [0, 0.1) is 6.92 Å². The molecule has 0 saturated carbocycles. The van der Waals surface area contributed by atoms with Gasteiger partial charge in [-0.15, -0.1) is 0 Å². The molecule has 0 unspecified atom stereocenters. The van der Waals surface area contributed by atoms with Gasteiger partial charge in [-0.25, -0.2) is 0 Å². The van der Waals surface area contributed by atoms with Crippen molar-refractivity contribution in [2.75, 3.05) is 33.0 Å². The molecule has 0 aliphatic heterocycles. The van der Waals surface area contributed by atoms with Crippen LogP contribution in [0.5, 0.6) is 11.5 Å². The quantitative estimate of drug-likeness (QED) is 0.573. The molecule has 146 valence electrons. The van der Waals surface area contributed by atoms with Gasteiger partial charge in [-0.1, -0.05) is 29.8 Å². The predicted octanol–water partition coefficient (Wildman–Crippen LogP) is 4.00. The summed E-state index contributed by atoms with van der Waals surface area (Å²) in [6, 6.07) is 15.3. The molecule has 0 fully saturated rings. The van der Waals surface area contributed by atoms with Crippen molar-refractivity contribution in [3.05, 3.63) is 59.7 Å². The van der Waals surface area contributed by atoms with Gasteiger partial charge in [0, 0.05) is 13.2 Å². The van der Waals surface area contributed by atoms with Crippen molar-refractivity contribution in [2.24, 2.45) is 0 Å². The van der Waals surface area contributed by atoms with E-state index < -0.39 is 0 Å². The van der Waals surface area contributed by atoms with Crippen molar-refractivity contribution in [3.63, 3.8) is 0 Å². The highest BCUT2D eigenvalue weighted by Gasteiger charge is 2.11. The highest BCUT2D eigenvalue weighted by Crippen LogP contribution is 2.17. The molecule has 27 heavy (non-hydrogen) atoms. The molecule has 5 heteroatoms. The predicted molar refractivity (Wildman–Crippen MR) is 107 cm³/mol. The highest BCUT2D eigenvalue weighted by molar-refractivity contribution is 5.96. The first-order valence-electron chi connectivity index (χ1n) is 9.48. The molecule has 0 spiro atoms. The Kier molecular flexibility index (Phi) is 9.21. The molecular formula is C22H29NO4. The molecule has 0 bridgehead atoms. The van der Waals surface area contributed by atoms with Gasteiger partial charge in [0.05, 0.1) is 18.8 Å². The van der Waals surface area contributed by atoms with Gasteiger partial charge in [-0.2, -0.15) is 0 Å². The number of nitrogens with one attached hydrogen (secondary N) is 1. The molecule has 1 N–H and O–H groups in total. The fraction of sp³-hybridized carbons (Fsp3) is 0.409. The first-order valence-corrected chi connectivity index (χ1v) is 9.48. The summed E-state index contributed by atoms with van der Waals surface area (Å²) in [7, 11) is 0. The van der Waals surface area contributed by atoms with Crippen LogP contribution >= 0.6 is 0 Å². The fourth-order valence-corrected chi connectivity index (χ4v) is 2.48. The third-order valence-electron chi connectivity index (χ3n) is 3.97. The first kappa shape index (κ1) is 20.8. The van der Waals surface area contributed by atoms with Crippen LogP contribution in [0.1, 0.15) is 35.7 Å². The lowest BCUT2D eigenvalue weighted by Gasteiger charge is -2.12. The summed E-state index contributed by atoms with van der Waals surface area (Å²) in [5.41, 5.74) is 1.76. The Labute approximate surface area is 161 Å². The van der Waals surface area contributed by atoms with Crippen LogP contribution in [0.4, 0.5) is 0 Å². The van der Waals surface area contributed by atoms with Gasteiger partial charge in [0.25, 0.3) is 5.91 Å².